The largest absolute Gasteiger partial charge is 0.465 e. The number of aromatic nitrogens is 1. The van der Waals surface area contributed by atoms with Crippen molar-refractivity contribution in [3.05, 3.63) is 58.2 Å². The Hall–Kier alpha value is -2.71. The highest BCUT2D eigenvalue weighted by molar-refractivity contribution is 5.98. The van der Waals surface area contributed by atoms with Gasteiger partial charge in [0.1, 0.15) is 17.1 Å². The lowest BCUT2D eigenvalue weighted by molar-refractivity contribution is 0.00621. The molecule has 2 aromatic rings. The number of aliphatic hydroxyl groups is 1. The summed E-state index contributed by atoms with van der Waals surface area (Å²) in [6.07, 6.45) is -0.439. The third kappa shape index (κ3) is 5.90. The van der Waals surface area contributed by atoms with E-state index in [4.69, 9.17) is 9.47 Å². The zero-order valence-electron chi connectivity index (χ0n) is 18.0. The molecule has 0 saturated heterocycles. The zero-order chi connectivity index (χ0) is 22.5. The van der Waals surface area contributed by atoms with Crippen LogP contribution in [0.3, 0.4) is 0 Å². The Balaban J connectivity index is 2.22. The molecule has 30 heavy (non-hydrogen) atoms. The van der Waals surface area contributed by atoms with Crippen LogP contribution < -0.4 is 5.32 Å². The fraction of sp³-hybridized carbons (Fsp3) is 0.455. The molecule has 7 nitrogen and oxygen atoms in total. The Labute approximate surface area is 175 Å². The lowest BCUT2D eigenvalue weighted by atomic mass is 10.1. The molecule has 0 radical (unpaired) electrons. The van der Waals surface area contributed by atoms with Crippen molar-refractivity contribution in [2.24, 2.45) is 0 Å². The number of carbonyl (C=O) groups is 2. The highest BCUT2D eigenvalue weighted by Gasteiger charge is 2.28. The summed E-state index contributed by atoms with van der Waals surface area (Å²) in [5.74, 6) is -1.49. The van der Waals surface area contributed by atoms with Gasteiger partial charge in [0.15, 0.2) is 0 Å². The Kier molecular flexibility index (Phi) is 7.75. The minimum atomic E-state index is -0.863. The van der Waals surface area contributed by atoms with Crippen molar-refractivity contribution in [2.75, 3.05) is 13.7 Å². The number of ether oxygens (including phenoxy) is 2. The molecule has 0 amide bonds. The van der Waals surface area contributed by atoms with E-state index in [1.54, 1.807) is 20.8 Å². The molecule has 8 heteroatoms. The van der Waals surface area contributed by atoms with Crippen LogP contribution in [0.5, 0.6) is 0 Å². The van der Waals surface area contributed by atoms with Crippen LogP contribution in [0.15, 0.2) is 24.3 Å². The number of aliphatic hydroxyl groups excluding tert-OH is 1. The van der Waals surface area contributed by atoms with Crippen LogP contribution in [-0.2, 0) is 22.4 Å². The molecule has 0 aliphatic heterocycles. The first-order valence-corrected chi connectivity index (χ1v) is 9.77. The molecule has 3 N–H and O–H groups in total. The van der Waals surface area contributed by atoms with Gasteiger partial charge in [0.25, 0.3) is 0 Å². The second-order valence-electron chi connectivity index (χ2n) is 7.88. The molecule has 2 rings (SSSR count). The number of hydrogen-bond donors (Lipinski definition) is 3. The van der Waals surface area contributed by atoms with Crippen LogP contribution in [-0.4, -0.2) is 41.3 Å². The summed E-state index contributed by atoms with van der Waals surface area (Å²) in [5, 5.41) is 13.3. The van der Waals surface area contributed by atoms with Crippen LogP contribution in [0, 0.1) is 5.82 Å². The minimum absolute atomic E-state index is 0.161. The zero-order valence-corrected chi connectivity index (χ0v) is 18.0. The number of carbonyl (C=O) groups excluding carboxylic acids is 2. The summed E-state index contributed by atoms with van der Waals surface area (Å²) in [6.45, 7) is 7.46. The monoisotopic (exact) mass is 420 g/mol. The highest BCUT2D eigenvalue weighted by atomic mass is 19.1. The smallest absolute Gasteiger partial charge is 0.355 e. The molecule has 1 atom stereocenters. The van der Waals surface area contributed by atoms with Crippen molar-refractivity contribution in [2.45, 2.75) is 52.4 Å². The Bertz CT molecular complexity index is 884. The van der Waals surface area contributed by atoms with E-state index in [0.717, 1.165) is 0 Å². The van der Waals surface area contributed by atoms with E-state index in [-0.39, 0.29) is 30.2 Å². The van der Waals surface area contributed by atoms with Gasteiger partial charge >= 0.3 is 11.9 Å². The van der Waals surface area contributed by atoms with Crippen molar-refractivity contribution in [3.63, 3.8) is 0 Å². The van der Waals surface area contributed by atoms with Crippen molar-refractivity contribution in [1.29, 1.82) is 0 Å². The normalized spacial score (nSPS) is 12.5. The molecule has 0 aliphatic carbocycles. The van der Waals surface area contributed by atoms with Crippen molar-refractivity contribution < 1.29 is 28.6 Å². The summed E-state index contributed by atoms with van der Waals surface area (Å²) < 4.78 is 23.4. The van der Waals surface area contributed by atoms with Crippen molar-refractivity contribution in [3.8, 4) is 0 Å². The van der Waals surface area contributed by atoms with Gasteiger partial charge in [-0.05, 0) is 50.5 Å². The van der Waals surface area contributed by atoms with E-state index in [1.807, 2.05) is 6.92 Å². The quantitative estimate of drug-likeness (QED) is 0.567. The second kappa shape index (κ2) is 9.86. The summed E-state index contributed by atoms with van der Waals surface area (Å²) in [7, 11) is 1.28. The SMILES string of the molecule is CCc1c(C(=O)OC(C)(C)C)[nH]c(CNC[C@@H](O)c2ccc(F)cc2)c1C(=O)OC. The van der Waals surface area contributed by atoms with Crippen LogP contribution >= 0.6 is 0 Å². The van der Waals surface area contributed by atoms with Crippen LogP contribution in [0.1, 0.15) is 71.5 Å². The molecule has 0 unspecified atom stereocenters. The van der Waals surface area contributed by atoms with Gasteiger partial charge in [0.05, 0.1) is 18.8 Å². The van der Waals surface area contributed by atoms with Gasteiger partial charge in [-0.15, -0.1) is 0 Å². The third-order valence-electron chi connectivity index (χ3n) is 4.42. The molecule has 1 heterocycles. The van der Waals surface area contributed by atoms with Gasteiger partial charge in [0.2, 0.25) is 0 Å². The van der Waals surface area contributed by atoms with Crippen molar-refractivity contribution >= 4 is 11.9 Å². The van der Waals surface area contributed by atoms with Gasteiger partial charge in [-0.2, -0.15) is 0 Å². The maximum Gasteiger partial charge on any atom is 0.355 e. The number of nitrogens with one attached hydrogen (secondary N) is 2. The predicted octanol–water partition coefficient (Wildman–Crippen LogP) is 3.28. The molecule has 0 aliphatic rings. The second-order valence-corrected chi connectivity index (χ2v) is 7.88. The fourth-order valence-electron chi connectivity index (χ4n) is 3.07. The van der Waals surface area contributed by atoms with Crippen LogP contribution in [0.2, 0.25) is 0 Å². The number of benzene rings is 1. The molecular weight excluding hydrogens is 391 g/mol. The van der Waals surface area contributed by atoms with Gasteiger partial charge in [-0.25, -0.2) is 14.0 Å². The van der Waals surface area contributed by atoms with E-state index < -0.39 is 23.6 Å². The third-order valence-corrected chi connectivity index (χ3v) is 4.42. The lowest BCUT2D eigenvalue weighted by Gasteiger charge is -2.19. The summed E-state index contributed by atoms with van der Waals surface area (Å²) in [5.41, 5.74) is 1.36. The number of aromatic amines is 1. The van der Waals surface area contributed by atoms with Gasteiger partial charge in [-0.1, -0.05) is 19.1 Å². The Morgan fingerprint density at radius 2 is 1.83 bits per heavy atom. The number of methoxy groups -OCH3 is 1. The fourth-order valence-corrected chi connectivity index (χ4v) is 3.07. The summed E-state index contributed by atoms with van der Waals surface area (Å²) in [6, 6.07) is 5.57. The topological polar surface area (TPSA) is 101 Å². The molecule has 0 spiro atoms. The first-order valence-electron chi connectivity index (χ1n) is 9.77. The number of halogens is 1. The first-order chi connectivity index (χ1) is 14.1. The molecule has 1 aromatic heterocycles. The van der Waals surface area contributed by atoms with Gasteiger partial charge in [0, 0.05) is 18.8 Å². The van der Waals surface area contributed by atoms with Crippen molar-refractivity contribution in [1.82, 2.24) is 10.3 Å². The van der Waals surface area contributed by atoms with E-state index in [1.165, 1.54) is 31.4 Å². The van der Waals surface area contributed by atoms with E-state index >= 15 is 0 Å². The van der Waals surface area contributed by atoms with Gasteiger partial charge in [-0.3, -0.25) is 0 Å². The van der Waals surface area contributed by atoms with E-state index in [2.05, 4.69) is 10.3 Å². The number of hydrogen-bond acceptors (Lipinski definition) is 6. The molecule has 1 aromatic carbocycles. The molecular formula is C22H29FN2O5. The summed E-state index contributed by atoms with van der Waals surface area (Å²) >= 11 is 0. The van der Waals surface area contributed by atoms with Gasteiger partial charge < -0.3 is 24.9 Å². The molecule has 0 bridgehead atoms. The standard InChI is InChI=1S/C22H29FN2O5/c1-6-15-18(20(27)29-5)16(25-19(15)21(28)30-22(2,3)4)11-24-12-17(26)13-7-9-14(23)10-8-13/h7-10,17,24-26H,6,11-12H2,1-5H3/t17-/m1/s1. The van der Waals surface area contributed by atoms with E-state index in [0.29, 0.717) is 23.2 Å². The maximum absolute atomic E-state index is 13.0. The van der Waals surface area contributed by atoms with Crippen LogP contribution in [0.25, 0.3) is 0 Å². The first kappa shape index (κ1) is 23.6. The molecule has 0 saturated carbocycles. The van der Waals surface area contributed by atoms with Crippen LogP contribution in [0.4, 0.5) is 4.39 Å². The Morgan fingerprint density at radius 3 is 2.37 bits per heavy atom. The number of H-pyrrole nitrogens is 1. The van der Waals surface area contributed by atoms with E-state index in [9.17, 15) is 19.1 Å². The average molecular weight is 420 g/mol. The number of rotatable bonds is 8. The molecule has 164 valence electrons. The maximum atomic E-state index is 13.0. The summed E-state index contributed by atoms with van der Waals surface area (Å²) in [4.78, 5) is 28.0. The minimum Gasteiger partial charge on any atom is -0.465 e. The average Bonchev–Trinajstić information content (AvgIpc) is 3.05. The number of esters is 2. The molecule has 0 fully saturated rings. The Morgan fingerprint density at radius 1 is 1.20 bits per heavy atom. The lowest BCUT2D eigenvalue weighted by Crippen LogP contribution is -2.25. The predicted molar refractivity (Wildman–Crippen MR) is 110 cm³/mol. The highest BCUT2D eigenvalue weighted by Crippen LogP contribution is 2.24.